The maximum Gasteiger partial charge on any atom is 0.0744 e. The molecule has 3 rings (SSSR count). The summed E-state index contributed by atoms with van der Waals surface area (Å²) in [6.45, 7) is 9.30. The van der Waals surface area contributed by atoms with E-state index in [1.165, 1.54) is 70.6 Å². The second-order valence-corrected chi connectivity index (χ2v) is 9.69. The first-order valence-corrected chi connectivity index (χ1v) is 12.6. The highest BCUT2D eigenvalue weighted by Gasteiger charge is 2.44. The van der Waals surface area contributed by atoms with Crippen molar-refractivity contribution in [3.05, 3.63) is 46.6 Å². The molecule has 0 aromatic carbocycles. The normalized spacial score (nSPS) is 23.6. The first-order chi connectivity index (χ1) is 14.1. The van der Waals surface area contributed by atoms with Gasteiger partial charge in [-0.3, -0.25) is 0 Å². The second kappa shape index (κ2) is 9.82. The van der Waals surface area contributed by atoms with Crippen LogP contribution in [0.5, 0.6) is 0 Å². The highest BCUT2D eigenvalue weighted by atomic mass is 16.3. The van der Waals surface area contributed by atoms with E-state index in [2.05, 4.69) is 52.0 Å². The van der Waals surface area contributed by atoms with Crippen LogP contribution in [0.2, 0.25) is 0 Å². The summed E-state index contributed by atoms with van der Waals surface area (Å²) >= 11 is 0. The minimum Gasteiger partial charge on any atom is -0.389 e. The molecule has 0 aliphatic heterocycles. The fraction of sp³-hybridized carbons (Fsp3) is 0.714. The third kappa shape index (κ3) is 4.22. The van der Waals surface area contributed by atoms with E-state index in [0.29, 0.717) is 0 Å². The first-order valence-electron chi connectivity index (χ1n) is 12.6. The van der Waals surface area contributed by atoms with Crippen LogP contribution in [0.15, 0.2) is 46.6 Å². The molecule has 1 N–H and O–H groups in total. The molecule has 1 saturated carbocycles. The van der Waals surface area contributed by atoms with Crippen LogP contribution >= 0.6 is 0 Å². The van der Waals surface area contributed by atoms with Crippen molar-refractivity contribution in [3.63, 3.8) is 0 Å². The van der Waals surface area contributed by atoms with Crippen molar-refractivity contribution in [2.45, 2.75) is 117 Å². The Bertz CT molecular complexity index is 633. The van der Waals surface area contributed by atoms with Crippen molar-refractivity contribution < 1.29 is 5.11 Å². The van der Waals surface area contributed by atoms with Gasteiger partial charge in [0.15, 0.2) is 0 Å². The molecule has 1 spiro atoms. The molecule has 0 atom stereocenters. The summed E-state index contributed by atoms with van der Waals surface area (Å²) in [5, 5.41) is 11.3. The minimum atomic E-state index is -0.521. The third-order valence-corrected chi connectivity index (χ3v) is 7.56. The molecule has 1 nitrogen and oxygen atoms in total. The quantitative estimate of drug-likeness (QED) is 0.389. The predicted octanol–water partition coefficient (Wildman–Crippen LogP) is 8.22. The van der Waals surface area contributed by atoms with E-state index in [1.807, 2.05) is 0 Å². The monoisotopic (exact) mass is 396 g/mol. The molecule has 0 aromatic rings. The molecule has 0 unspecified atom stereocenters. The Labute approximate surface area is 180 Å². The van der Waals surface area contributed by atoms with E-state index in [-0.39, 0.29) is 11.3 Å². The lowest BCUT2D eigenvalue weighted by Crippen LogP contribution is -2.39. The molecule has 0 bridgehead atoms. The SMILES string of the molecule is CCCC1=C(CCC)C2(C=CC(C3(O)CCCCC3)C=C2)C(CCC)=C1CCC. The van der Waals surface area contributed by atoms with Gasteiger partial charge in [0, 0.05) is 11.3 Å². The molecule has 162 valence electrons. The van der Waals surface area contributed by atoms with Crippen LogP contribution in [0.3, 0.4) is 0 Å². The first kappa shape index (κ1) is 22.6. The summed E-state index contributed by atoms with van der Waals surface area (Å²) < 4.78 is 0. The van der Waals surface area contributed by atoms with Gasteiger partial charge in [0.1, 0.15) is 0 Å². The standard InChI is InChI=1S/C28H44O/c1-5-12-23-24(13-6-2)26(15-8-4)27(25(23)14-7-3)20-16-22(17-21-27)28(29)18-10-9-11-19-28/h16-17,20-22,29H,5-15,18-19H2,1-4H3. The van der Waals surface area contributed by atoms with Crippen LogP contribution in [0, 0.1) is 11.3 Å². The van der Waals surface area contributed by atoms with E-state index in [0.717, 1.165) is 12.8 Å². The van der Waals surface area contributed by atoms with Crippen molar-refractivity contribution in [2.24, 2.45) is 11.3 Å². The van der Waals surface area contributed by atoms with Crippen molar-refractivity contribution >= 4 is 0 Å². The predicted molar refractivity (Wildman–Crippen MR) is 126 cm³/mol. The minimum absolute atomic E-state index is 0.00253. The van der Waals surface area contributed by atoms with E-state index in [4.69, 9.17) is 0 Å². The van der Waals surface area contributed by atoms with Crippen molar-refractivity contribution in [2.75, 3.05) is 0 Å². The topological polar surface area (TPSA) is 20.2 Å². The Balaban J connectivity index is 2.04. The number of aliphatic hydroxyl groups is 1. The van der Waals surface area contributed by atoms with E-state index < -0.39 is 5.60 Å². The Morgan fingerprint density at radius 2 is 1.17 bits per heavy atom. The summed E-state index contributed by atoms with van der Waals surface area (Å²) in [6, 6.07) is 0. The molecule has 29 heavy (non-hydrogen) atoms. The molecular weight excluding hydrogens is 352 g/mol. The zero-order valence-electron chi connectivity index (χ0n) is 19.5. The van der Waals surface area contributed by atoms with E-state index in [1.54, 1.807) is 22.3 Å². The Morgan fingerprint density at radius 3 is 1.59 bits per heavy atom. The molecule has 0 amide bonds. The summed E-state index contributed by atoms with van der Waals surface area (Å²) in [7, 11) is 0. The maximum absolute atomic E-state index is 11.3. The van der Waals surface area contributed by atoms with Gasteiger partial charge in [-0.15, -0.1) is 0 Å². The average molecular weight is 397 g/mol. The van der Waals surface area contributed by atoms with E-state index in [9.17, 15) is 5.11 Å². The smallest absolute Gasteiger partial charge is 0.0744 e. The molecule has 0 heterocycles. The second-order valence-electron chi connectivity index (χ2n) is 9.69. The Hall–Kier alpha value is -1.08. The summed E-state index contributed by atoms with van der Waals surface area (Å²) in [4.78, 5) is 0. The summed E-state index contributed by atoms with van der Waals surface area (Å²) in [5.41, 5.74) is 6.20. The van der Waals surface area contributed by atoms with Gasteiger partial charge in [-0.25, -0.2) is 0 Å². The Morgan fingerprint density at radius 1 is 0.724 bits per heavy atom. The lowest BCUT2D eigenvalue weighted by molar-refractivity contribution is -0.0194. The van der Waals surface area contributed by atoms with E-state index >= 15 is 0 Å². The summed E-state index contributed by atoms with van der Waals surface area (Å²) in [6.07, 6.45) is 25.0. The van der Waals surface area contributed by atoms with Gasteiger partial charge in [-0.05, 0) is 60.8 Å². The lowest BCUT2D eigenvalue weighted by atomic mass is 9.66. The van der Waals surface area contributed by atoms with Crippen LogP contribution in [0.25, 0.3) is 0 Å². The van der Waals surface area contributed by atoms with Crippen LogP contribution in [-0.4, -0.2) is 10.7 Å². The molecule has 0 radical (unpaired) electrons. The molecular formula is C28H44O. The largest absolute Gasteiger partial charge is 0.389 e. The molecule has 0 saturated heterocycles. The van der Waals surface area contributed by atoms with Gasteiger partial charge in [0.05, 0.1) is 5.60 Å². The molecule has 3 aliphatic carbocycles. The number of hydrogen-bond donors (Lipinski definition) is 1. The van der Waals surface area contributed by atoms with Crippen LogP contribution in [-0.2, 0) is 0 Å². The highest BCUT2D eigenvalue weighted by Crippen LogP contribution is 2.56. The number of allylic oxidation sites excluding steroid dienone is 6. The third-order valence-electron chi connectivity index (χ3n) is 7.56. The maximum atomic E-state index is 11.3. The number of rotatable bonds is 9. The highest BCUT2D eigenvalue weighted by molar-refractivity contribution is 5.60. The van der Waals surface area contributed by atoms with Crippen LogP contribution in [0.4, 0.5) is 0 Å². The van der Waals surface area contributed by atoms with Crippen LogP contribution in [0.1, 0.15) is 111 Å². The zero-order chi connectivity index (χ0) is 20.9. The fourth-order valence-electron chi connectivity index (χ4n) is 6.25. The molecule has 0 aromatic heterocycles. The zero-order valence-corrected chi connectivity index (χ0v) is 19.5. The van der Waals surface area contributed by atoms with Gasteiger partial charge >= 0.3 is 0 Å². The van der Waals surface area contributed by atoms with Gasteiger partial charge in [0.2, 0.25) is 0 Å². The number of hydrogen-bond acceptors (Lipinski definition) is 1. The van der Waals surface area contributed by atoms with Gasteiger partial charge in [-0.2, -0.15) is 0 Å². The van der Waals surface area contributed by atoms with Crippen molar-refractivity contribution in [1.82, 2.24) is 0 Å². The lowest BCUT2D eigenvalue weighted by Gasteiger charge is -2.41. The van der Waals surface area contributed by atoms with Crippen molar-refractivity contribution in [1.29, 1.82) is 0 Å². The van der Waals surface area contributed by atoms with Gasteiger partial charge < -0.3 is 5.11 Å². The fourth-order valence-corrected chi connectivity index (χ4v) is 6.25. The van der Waals surface area contributed by atoms with Crippen LogP contribution < -0.4 is 0 Å². The Kier molecular flexibility index (Phi) is 7.65. The van der Waals surface area contributed by atoms with Crippen molar-refractivity contribution in [3.8, 4) is 0 Å². The average Bonchev–Trinajstić information content (AvgIpc) is 2.94. The summed E-state index contributed by atoms with van der Waals surface area (Å²) in [5.74, 6) is 0.184. The molecule has 3 aliphatic rings. The van der Waals surface area contributed by atoms with Gasteiger partial charge in [-0.1, -0.05) is 96.9 Å². The molecule has 1 heteroatoms. The molecule has 1 fully saturated rings. The van der Waals surface area contributed by atoms with Gasteiger partial charge in [0.25, 0.3) is 0 Å².